The van der Waals surface area contributed by atoms with Crippen LogP contribution in [-0.2, 0) is 11.2 Å². The van der Waals surface area contributed by atoms with E-state index in [0.29, 0.717) is 35.0 Å². The molecule has 0 fully saturated rings. The molecule has 0 saturated heterocycles. The lowest BCUT2D eigenvalue weighted by atomic mass is 10.0. The fourth-order valence-electron chi connectivity index (χ4n) is 4.77. The normalized spacial score (nSPS) is 14.8. The molecule has 3 aromatic carbocycles. The molecule has 2 atom stereocenters. The van der Waals surface area contributed by atoms with E-state index in [1.165, 1.54) is 21.6 Å². The number of carbonyl (C=O) groups is 1. The van der Waals surface area contributed by atoms with Gasteiger partial charge >= 0.3 is 0 Å². The van der Waals surface area contributed by atoms with Crippen molar-refractivity contribution in [2.45, 2.75) is 18.5 Å². The van der Waals surface area contributed by atoms with Crippen molar-refractivity contribution in [3.63, 3.8) is 0 Å². The van der Waals surface area contributed by atoms with Crippen molar-refractivity contribution in [1.82, 2.24) is 29.9 Å². The molecule has 1 aliphatic heterocycles. The molecule has 0 bridgehead atoms. The Bertz CT molecular complexity index is 1750. The second-order valence-electron chi connectivity index (χ2n) is 9.28. The summed E-state index contributed by atoms with van der Waals surface area (Å²) in [7, 11) is 0. The number of para-hydroxylation sites is 1. The second kappa shape index (κ2) is 11.0. The average molecular weight is 573 g/mol. The van der Waals surface area contributed by atoms with Crippen LogP contribution in [0.1, 0.15) is 23.2 Å². The average Bonchev–Trinajstić information content (AvgIpc) is 3.58. The Hall–Kier alpha value is -4.47. The summed E-state index contributed by atoms with van der Waals surface area (Å²) < 4.78 is 8.57. The Morgan fingerprint density at radius 1 is 1.05 bits per heavy atom. The highest BCUT2D eigenvalue weighted by Gasteiger charge is 2.30. The SMILES string of the molecule is O=C(NC1COc2ccccc21)[C@H](Cc1ccccc1)n1cnc(-c2cc(Cl)ccc2-n2cc(Cl)nn2)cc1=O. The smallest absolute Gasteiger partial charge is 0.254 e. The minimum Gasteiger partial charge on any atom is -0.491 e. The van der Waals surface area contributed by atoms with Gasteiger partial charge in [-0.15, -0.1) is 5.10 Å². The van der Waals surface area contributed by atoms with Gasteiger partial charge in [0.15, 0.2) is 5.15 Å². The van der Waals surface area contributed by atoms with Crippen molar-refractivity contribution in [2.24, 2.45) is 0 Å². The van der Waals surface area contributed by atoms with E-state index in [1.54, 1.807) is 24.4 Å². The largest absolute Gasteiger partial charge is 0.491 e. The van der Waals surface area contributed by atoms with Gasteiger partial charge in [-0.2, -0.15) is 0 Å². The fourth-order valence-corrected chi connectivity index (χ4v) is 5.07. The maximum Gasteiger partial charge on any atom is 0.254 e. The molecule has 1 N–H and O–H groups in total. The molecule has 1 amide bonds. The van der Waals surface area contributed by atoms with Crippen molar-refractivity contribution >= 4 is 29.1 Å². The van der Waals surface area contributed by atoms with Gasteiger partial charge in [0.1, 0.15) is 18.4 Å². The van der Waals surface area contributed by atoms with Crippen LogP contribution in [0.25, 0.3) is 16.9 Å². The van der Waals surface area contributed by atoms with Gasteiger partial charge in [0.05, 0.1) is 29.9 Å². The molecule has 3 heterocycles. The Labute approximate surface area is 239 Å². The van der Waals surface area contributed by atoms with Crippen LogP contribution in [0.3, 0.4) is 0 Å². The second-order valence-corrected chi connectivity index (χ2v) is 10.1. The molecule has 9 nitrogen and oxygen atoms in total. The highest BCUT2D eigenvalue weighted by molar-refractivity contribution is 6.31. The maximum absolute atomic E-state index is 13.7. The number of amides is 1. The minimum absolute atomic E-state index is 0.217. The summed E-state index contributed by atoms with van der Waals surface area (Å²) in [6.07, 6.45) is 3.23. The molecule has 0 aliphatic carbocycles. The highest BCUT2D eigenvalue weighted by Crippen LogP contribution is 2.32. The third-order valence-electron chi connectivity index (χ3n) is 6.71. The lowest BCUT2D eigenvalue weighted by Crippen LogP contribution is -2.40. The Morgan fingerprint density at radius 3 is 2.62 bits per heavy atom. The summed E-state index contributed by atoms with van der Waals surface area (Å²) in [5.41, 5.74) is 2.92. The molecule has 2 aromatic heterocycles. The molecule has 0 saturated carbocycles. The van der Waals surface area contributed by atoms with Crippen LogP contribution in [0.5, 0.6) is 5.75 Å². The summed E-state index contributed by atoms with van der Waals surface area (Å²) in [6.45, 7) is 0.319. The first-order valence-corrected chi connectivity index (χ1v) is 13.2. The number of fused-ring (bicyclic) bond motifs is 1. The van der Waals surface area contributed by atoms with Crippen LogP contribution >= 0.6 is 23.2 Å². The molecular weight excluding hydrogens is 551 g/mol. The molecule has 6 rings (SSSR count). The molecule has 200 valence electrons. The van der Waals surface area contributed by atoms with Crippen LogP contribution in [0.2, 0.25) is 10.2 Å². The minimum atomic E-state index is -0.850. The molecule has 1 unspecified atom stereocenters. The predicted octanol–water partition coefficient (Wildman–Crippen LogP) is 4.83. The molecule has 5 aromatic rings. The third kappa shape index (κ3) is 5.21. The lowest BCUT2D eigenvalue weighted by Gasteiger charge is -2.22. The number of benzene rings is 3. The molecule has 0 spiro atoms. The van der Waals surface area contributed by atoms with Crippen molar-refractivity contribution in [1.29, 1.82) is 0 Å². The molecule has 1 aliphatic rings. The summed E-state index contributed by atoms with van der Waals surface area (Å²) >= 11 is 12.3. The van der Waals surface area contributed by atoms with Crippen molar-refractivity contribution < 1.29 is 9.53 Å². The van der Waals surface area contributed by atoms with E-state index in [9.17, 15) is 9.59 Å². The molecule has 0 radical (unpaired) electrons. The molecular formula is C29H22Cl2N6O3. The van der Waals surface area contributed by atoms with Gasteiger partial charge in [0.2, 0.25) is 5.91 Å². The first-order chi connectivity index (χ1) is 19.5. The van der Waals surface area contributed by atoms with E-state index in [4.69, 9.17) is 27.9 Å². The lowest BCUT2D eigenvalue weighted by molar-refractivity contribution is -0.125. The number of hydrogen-bond donors (Lipinski definition) is 1. The van der Waals surface area contributed by atoms with Gasteiger partial charge in [0, 0.05) is 28.6 Å². The van der Waals surface area contributed by atoms with E-state index in [-0.39, 0.29) is 17.1 Å². The topological polar surface area (TPSA) is 104 Å². The van der Waals surface area contributed by atoms with E-state index in [0.717, 1.165) is 16.9 Å². The number of halogens is 2. The van der Waals surface area contributed by atoms with Gasteiger partial charge in [-0.05, 0) is 29.8 Å². The summed E-state index contributed by atoms with van der Waals surface area (Å²) in [6, 6.07) is 22.4. The Morgan fingerprint density at radius 2 is 1.85 bits per heavy atom. The van der Waals surface area contributed by atoms with Crippen molar-refractivity contribution in [3.8, 4) is 22.7 Å². The van der Waals surface area contributed by atoms with Gasteiger partial charge in [-0.25, -0.2) is 9.67 Å². The summed E-state index contributed by atoms with van der Waals surface area (Å²) in [5, 5.41) is 11.6. The number of aromatic nitrogens is 5. The van der Waals surface area contributed by atoms with Crippen LogP contribution in [0, 0.1) is 0 Å². The zero-order chi connectivity index (χ0) is 27.6. The van der Waals surface area contributed by atoms with Gasteiger partial charge in [0.25, 0.3) is 5.56 Å². The van der Waals surface area contributed by atoms with Crippen LogP contribution in [-0.4, -0.2) is 37.1 Å². The van der Waals surface area contributed by atoms with Gasteiger partial charge < -0.3 is 10.1 Å². The van der Waals surface area contributed by atoms with E-state index in [2.05, 4.69) is 20.6 Å². The number of nitrogens with zero attached hydrogens (tertiary/aromatic N) is 5. The van der Waals surface area contributed by atoms with Crippen LogP contribution in [0.15, 0.2) is 96.2 Å². The predicted molar refractivity (Wildman–Crippen MR) is 151 cm³/mol. The van der Waals surface area contributed by atoms with E-state index >= 15 is 0 Å². The number of carbonyl (C=O) groups excluding carboxylic acids is 1. The first-order valence-electron chi connectivity index (χ1n) is 12.5. The monoisotopic (exact) mass is 572 g/mol. The quantitative estimate of drug-likeness (QED) is 0.299. The highest BCUT2D eigenvalue weighted by atomic mass is 35.5. The van der Waals surface area contributed by atoms with Gasteiger partial charge in [-0.3, -0.25) is 14.2 Å². The van der Waals surface area contributed by atoms with E-state index in [1.807, 2.05) is 54.6 Å². The zero-order valence-electron chi connectivity index (χ0n) is 20.9. The number of nitrogens with one attached hydrogen (secondary N) is 1. The fraction of sp³-hybridized carbons (Fsp3) is 0.138. The molecule has 40 heavy (non-hydrogen) atoms. The molecule has 11 heteroatoms. The number of rotatable bonds is 7. The van der Waals surface area contributed by atoms with E-state index < -0.39 is 11.6 Å². The van der Waals surface area contributed by atoms with Gasteiger partial charge in [-0.1, -0.05) is 76.9 Å². The third-order valence-corrected chi connectivity index (χ3v) is 7.12. The summed E-state index contributed by atoms with van der Waals surface area (Å²) in [4.78, 5) is 31.8. The maximum atomic E-state index is 13.7. The number of hydrogen-bond acceptors (Lipinski definition) is 6. The number of ether oxygens (including phenoxy) is 1. The van der Waals surface area contributed by atoms with Crippen LogP contribution in [0.4, 0.5) is 0 Å². The van der Waals surface area contributed by atoms with Crippen LogP contribution < -0.4 is 15.6 Å². The standard InChI is InChI=1S/C29H22Cl2N6O3/c30-19-10-11-24(37-15-27(31)34-35-37)21(13-19)22-14-28(38)36(17-32-22)25(12-18-6-2-1-3-7-18)29(39)33-23-16-40-26-9-5-4-8-20(23)26/h1-11,13-15,17,23,25H,12,16H2,(H,33,39)/t23?,25-/m0/s1. The Balaban J connectivity index is 1.36. The summed E-state index contributed by atoms with van der Waals surface area (Å²) in [5.74, 6) is 0.424. The zero-order valence-corrected chi connectivity index (χ0v) is 22.5. The first kappa shape index (κ1) is 25.8. The Kier molecular flexibility index (Phi) is 7.06. The van der Waals surface area contributed by atoms with Crippen molar-refractivity contribution in [3.05, 3.63) is 123 Å². The van der Waals surface area contributed by atoms with Crippen molar-refractivity contribution in [2.75, 3.05) is 6.61 Å².